The van der Waals surface area contributed by atoms with Gasteiger partial charge in [0.1, 0.15) is 5.82 Å². The highest BCUT2D eigenvalue weighted by Crippen LogP contribution is 2.29. The lowest BCUT2D eigenvalue weighted by atomic mass is 10.0. The summed E-state index contributed by atoms with van der Waals surface area (Å²) in [4.78, 5) is 8.37. The Bertz CT molecular complexity index is 992. The van der Waals surface area contributed by atoms with Gasteiger partial charge in [0.05, 0.1) is 11.4 Å². The van der Waals surface area contributed by atoms with Gasteiger partial charge in [-0.3, -0.25) is 13.4 Å². The Morgan fingerprint density at radius 2 is 1.44 bits per heavy atom. The molecule has 140 valence electrons. The first-order valence-corrected chi connectivity index (χ1v) is 10.3. The molecular formula is C18H15N3O4S2-2. The molecule has 0 amide bonds. The number of aromatic nitrogens is 2. The minimum absolute atomic E-state index is 0.0301. The normalized spacial score (nSPS) is 13.3. The van der Waals surface area contributed by atoms with Gasteiger partial charge in [0, 0.05) is 34.8 Å². The zero-order chi connectivity index (χ0) is 19.4. The van der Waals surface area contributed by atoms with Crippen molar-refractivity contribution in [2.75, 3.05) is 5.73 Å². The van der Waals surface area contributed by atoms with Crippen LogP contribution >= 0.6 is 0 Å². The van der Waals surface area contributed by atoms with Crippen molar-refractivity contribution in [1.82, 2.24) is 9.97 Å². The molecule has 3 rings (SSSR count). The molecule has 2 aromatic heterocycles. The average Bonchev–Trinajstić information content (AvgIpc) is 2.63. The molecule has 0 aliphatic heterocycles. The average molecular weight is 401 g/mol. The summed E-state index contributed by atoms with van der Waals surface area (Å²) in [5.74, 6) is 0.158. The highest BCUT2D eigenvalue weighted by Gasteiger charge is 2.08. The Balaban J connectivity index is 1.90. The number of pyridine rings is 2. The van der Waals surface area contributed by atoms with Gasteiger partial charge in [-0.15, -0.1) is 0 Å². The minimum atomic E-state index is -2.19. The number of nitrogens with zero attached hydrogens (tertiary/aromatic N) is 2. The summed E-state index contributed by atoms with van der Waals surface area (Å²) in [7, 11) is 0. The lowest BCUT2D eigenvalue weighted by Gasteiger charge is -2.10. The zero-order valence-corrected chi connectivity index (χ0v) is 15.7. The number of anilines is 1. The number of rotatable bonds is 6. The van der Waals surface area contributed by atoms with Crippen LogP contribution in [0.15, 0.2) is 54.9 Å². The quantitative estimate of drug-likeness (QED) is 0.626. The summed E-state index contributed by atoms with van der Waals surface area (Å²) in [5.41, 5.74) is 10.2. The monoisotopic (exact) mass is 401 g/mol. The predicted molar refractivity (Wildman–Crippen MR) is 103 cm³/mol. The van der Waals surface area contributed by atoms with Crippen LogP contribution in [0.2, 0.25) is 0 Å². The second-order valence-corrected chi connectivity index (χ2v) is 7.58. The SMILES string of the molecule is Nc1ncc(-c2ccc(CS(=O)[O-])cc2)cc1-c1ccc(CS(=O)[O-])nc1. The third-order valence-electron chi connectivity index (χ3n) is 3.89. The lowest BCUT2D eigenvalue weighted by molar-refractivity contribution is 0.534. The van der Waals surface area contributed by atoms with E-state index in [0.717, 1.165) is 16.7 Å². The maximum absolute atomic E-state index is 10.8. The molecule has 2 N–H and O–H groups in total. The molecule has 27 heavy (non-hydrogen) atoms. The maximum atomic E-state index is 10.8. The van der Waals surface area contributed by atoms with Crippen LogP contribution in [0.3, 0.4) is 0 Å². The highest BCUT2D eigenvalue weighted by molar-refractivity contribution is 7.78. The first-order chi connectivity index (χ1) is 12.9. The van der Waals surface area contributed by atoms with Gasteiger partial charge < -0.3 is 14.8 Å². The second kappa shape index (κ2) is 8.49. The standard InChI is InChI=1S/C18H17N3O4S2/c19-18-17(14-5-6-16(20-8-14)11-27(24)25)7-15(9-21-18)13-3-1-12(2-4-13)10-26(22)23/h1-9H,10-11H2,(H2,19,21)(H,22,23)(H,24,25)/p-2. The van der Waals surface area contributed by atoms with Crippen LogP contribution < -0.4 is 5.73 Å². The molecule has 0 bridgehead atoms. The fourth-order valence-electron chi connectivity index (χ4n) is 2.58. The summed E-state index contributed by atoms with van der Waals surface area (Å²) in [6, 6.07) is 12.4. The van der Waals surface area contributed by atoms with Gasteiger partial charge in [-0.25, -0.2) is 4.98 Å². The third-order valence-corrected chi connectivity index (χ3v) is 4.99. The summed E-state index contributed by atoms with van der Waals surface area (Å²) in [5, 5.41) is 0. The molecule has 0 fully saturated rings. The van der Waals surface area contributed by atoms with E-state index in [2.05, 4.69) is 9.97 Å². The van der Waals surface area contributed by atoms with E-state index in [4.69, 9.17) is 5.73 Å². The van der Waals surface area contributed by atoms with E-state index in [9.17, 15) is 17.5 Å². The Morgan fingerprint density at radius 3 is 2.04 bits per heavy atom. The van der Waals surface area contributed by atoms with Crippen molar-refractivity contribution in [2.24, 2.45) is 0 Å². The zero-order valence-electron chi connectivity index (χ0n) is 14.0. The molecule has 0 saturated carbocycles. The Kier molecular flexibility index (Phi) is 6.07. The largest absolute Gasteiger partial charge is 0.772 e. The Labute approximate surface area is 161 Å². The van der Waals surface area contributed by atoms with Crippen LogP contribution in [0.5, 0.6) is 0 Å². The first-order valence-electron chi connectivity index (χ1n) is 7.84. The molecule has 2 heterocycles. The summed E-state index contributed by atoms with van der Waals surface area (Å²) < 4.78 is 43.1. The van der Waals surface area contributed by atoms with Crippen LogP contribution in [0.4, 0.5) is 5.82 Å². The van der Waals surface area contributed by atoms with Crippen molar-refractivity contribution in [2.45, 2.75) is 11.5 Å². The Morgan fingerprint density at radius 1 is 0.815 bits per heavy atom. The number of hydrogen-bond donors (Lipinski definition) is 1. The van der Waals surface area contributed by atoms with Gasteiger partial charge in [0.15, 0.2) is 0 Å². The van der Waals surface area contributed by atoms with Gasteiger partial charge in [-0.1, -0.05) is 41.4 Å². The molecule has 0 saturated heterocycles. The second-order valence-electron chi connectivity index (χ2n) is 5.79. The van der Waals surface area contributed by atoms with Gasteiger partial charge in [0.2, 0.25) is 0 Å². The minimum Gasteiger partial charge on any atom is -0.772 e. The molecule has 2 atom stereocenters. The number of hydrogen-bond acceptors (Lipinski definition) is 7. The molecule has 2 unspecified atom stereocenters. The first kappa shape index (κ1) is 19.3. The lowest BCUT2D eigenvalue weighted by Crippen LogP contribution is -1.98. The van der Waals surface area contributed by atoms with Crippen LogP contribution in [-0.2, 0) is 33.7 Å². The summed E-state index contributed by atoms with van der Waals surface area (Å²) in [6.45, 7) is 0. The highest BCUT2D eigenvalue weighted by atomic mass is 32.2. The van der Waals surface area contributed by atoms with Crippen LogP contribution in [0, 0.1) is 0 Å². The molecule has 7 nitrogen and oxygen atoms in total. The molecule has 0 radical (unpaired) electrons. The van der Waals surface area contributed by atoms with E-state index < -0.39 is 22.2 Å². The van der Waals surface area contributed by atoms with Crippen LogP contribution in [0.1, 0.15) is 11.3 Å². The van der Waals surface area contributed by atoms with Crippen LogP contribution in [-0.4, -0.2) is 27.5 Å². The van der Waals surface area contributed by atoms with E-state index >= 15 is 0 Å². The molecular weight excluding hydrogens is 386 g/mol. The fraction of sp³-hybridized carbons (Fsp3) is 0.111. The maximum Gasteiger partial charge on any atom is 0.131 e. The fourth-order valence-corrected chi connectivity index (χ4v) is 3.46. The van der Waals surface area contributed by atoms with E-state index in [-0.39, 0.29) is 11.5 Å². The van der Waals surface area contributed by atoms with Crippen molar-refractivity contribution in [1.29, 1.82) is 0 Å². The van der Waals surface area contributed by atoms with Crippen molar-refractivity contribution < 1.29 is 17.5 Å². The van der Waals surface area contributed by atoms with Gasteiger partial charge in [-0.05, 0) is 34.3 Å². The molecule has 3 aromatic rings. The number of nitrogen functional groups attached to an aromatic ring is 1. The molecule has 0 aliphatic carbocycles. The topological polar surface area (TPSA) is 132 Å². The van der Waals surface area contributed by atoms with Gasteiger partial charge in [0.25, 0.3) is 0 Å². The Hall–Kier alpha value is -2.46. The van der Waals surface area contributed by atoms with Gasteiger partial charge >= 0.3 is 0 Å². The van der Waals surface area contributed by atoms with E-state index in [1.165, 1.54) is 0 Å². The molecule has 0 spiro atoms. The third kappa shape index (κ3) is 5.04. The predicted octanol–water partition coefficient (Wildman–Crippen LogP) is 2.15. The number of nitrogens with two attached hydrogens (primary N) is 1. The van der Waals surface area contributed by atoms with Crippen molar-refractivity contribution in [3.05, 3.63) is 66.1 Å². The number of benzene rings is 1. The van der Waals surface area contributed by atoms with E-state index in [1.807, 2.05) is 18.2 Å². The molecule has 1 aromatic carbocycles. The van der Waals surface area contributed by atoms with Gasteiger partial charge in [-0.2, -0.15) is 0 Å². The van der Waals surface area contributed by atoms with Crippen molar-refractivity contribution >= 4 is 28.0 Å². The molecule has 0 aliphatic rings. The smallest absolute Gasteiger partial charge is 0.131 e. The van der Waals surface area contributed by atoms with E-state index in [0.29, 0.717) is 22.6 Å². The summed E-state index contributed by atoms with van der Waals surface area (Å²) in [6.07, 6.45) is 3.20. The van der Waals surface area contributed by atoms with E-state index in [1.54, 1.807) is 36.7 Å². The molecule has 9 heteroatoms. The summed E-state index contributed by atoms with van der Waals surface area (Å²) >= 11 is -4.32. The van der Waals surface area contributed by atoms with Crippen molar-refractivity contribution in [3.8, 4) is 22.3 Å². The van der Waals surface area contributed by atoms with Crippen LogP contribution in [0.25, 0.3) is 22.3 Å². The van der Waals surface area contributed by atoms with Crippen molar-refractivity contribution in [3.63, 3.8) is 0 Å².